The molecule has 81 heavy (non-hydrogen) atoms. The van der Waals surface area contributed by atoms with E-state index in [1.165, 1.54) is 264 Å². The fourth-order valence-corrected chi connectivity index (χ4v) is 10.3. The molecule has 7 N–H and O–H groups in total. The quantitative estimate of drug-likeness (QED) is 0.0236. The lowest BCUT2D eigenvalue weighted by atomic mass is 10.0. The number of rotatable bonds is 52. The Kier molecular flexibility index (Phi) is 58.3. The number of carboxylic acid groups (broad SMARTS) is 3. The third-order valence-corrected chi connectivity index (χ3v) is 15.5. The molecule has 478 valence electrons. The number of H-pyrrole nitrogens is 1. The number of aliphatic hydroxyl groups is 1. The number of nitrogens with zero attached hydrogens (tertiary/aromatic N) is 1. The van der Waals surface area contributed by atoms with E-state index < -0.39 is 62.0 Å². The number of aryl methyl sites for hydroxylation is 1. The SMILES string of the molecule is CCCCCCCCCCCCCCCCCC(=O)O.CCCCCCCCCCCCCCCCCC(=O)O.CCCCCCCCCCCCCCCCCC(=O)O.Cc1cn([C@H]2C[C@H](O)[C@@H](COP(=O)(O)O)O2)c(=O)[nH]c1=O. The third-order valence-electron chi connectivity index (χ3n) is 15.0. The highest BCUT2D eigenvalue weighted by atomic mass is 31.2. The number of phosphoric ester groups is 1. The Hall–Kier alpha value is -2.88. The first kappa shape index (κ1) is 80.2. The van der Waals surface area contributed by atoms with Gasteiger partial charge in [0.25, 0.3) is 5.56 Å². The molecule has 0 aliphatic carbocycles. The molecular formula is C64H123N2O14P. The molecule has 0 aromatic carbocycles. The average molecular weight is 1180 g/mol. The largest absolute Gasteiger partial charge is 0.481 e. The first-order valence-corrected chi connectivity index (χ1v) is 34.5. The molecule has 1 aliphatic rings. The van der Waals surface area contributed by atoms with E-state index in [9.17, 15) is 33.6 Å². The van der Waals surface area contributed by atoms with Crippen LogP contribution in [-0.4, -0.2) is 76.5 Å². The van der Waals surface area contributed by atoms with Gasteiger partial charge in [-0.3, -0.25) is 33.3 Å². The van der Waals surface area contributed by atoms with Gasteiger partial charge in [0.05, 0.1) is 12.7 Å². The van der Waals surface area contributed by atoms with Crippen molar-refractivity contribution in [2.75, 3.05) is 6.61 Å². The Labute approximate surface area is 491 Å². The zero-order valence-corrected chi connectivity index (χ0v) is 52.9. The predicted octanol–water partition coefficient (Wildman–Crippen LogP) is 17.6. The highest BCUT2D eigenvalue weighted by Crippen LogP contribution is 2.38. The number of carbonyl (C=O) groups is 3. The van der Waals surface area contributed by atoms with Gasteiger partial charge in [-0.15, -0.1) is 0 Å². The van der Waals surface area contributed by atoms with Crippen LogP contribution in [0.5, 0.6) is 0 Å². The number of unbranched alkanes of at least 4 members (excludes halogenated alkanes) is 42. The van der Waals surface area contributed by atoms with E-state index >= 15 is 0 Å². The van der Waals surface area contributed by atoms with E-state index in [2.05, 4.69) is 30.3 Å². The zero-order chi connectivity index (χ0) is 60.5. The summed E-state index contributed by atoms with van der Waals surface area (Å²) in [6.07, 6.45) is 59.0. The second-order valence-electron chi connectivity index (χ2n) is 23.0. The van der Waals surface area contributed by atoms with E-state index in [1.807, 2.05) is 0 Å². The van der Waals surface area contributed by atoms with Crippen molar-refractivity contribution < 1.29 is 58.4 Å². The lowest BCUT2D eigenvalue weighted by molar-refractivity contribution is -0.138. The third kappa shape index (κ3) is 58.7. The van der Waals surface area contributed by atoms with Crippen molar-refractivity contribution in [3.8, 4) is 0 Å². The van der Waals surface area contributed by atoms with Gasteiger partial charge in [0.1, 0.15) is 12.3 Å². The molecule has 0 radical (unpaired) electrons. The second kappa shape index (κ2) is 58.9. The topological polar surface area (TPSA) is 263 Å². The van der Waals surface area contributed by atoms with Crippen molar-refractivity contribution >= 4 is 25.7 Å². The molecule has 0 unspecified atom stereocenters. The molecule has 1 aliphatic heterocycles. The predicted molar refractivity (Wildman–Crippen MR) is 330 cm³/mol. The normalized spacial score (nSPS) is 14.8. The number of hydrogen-bond acceptors (Lipinski definition) is 9. The molecule has 0 bridgehead atoms. The Bertz CT molecular complexity index is 1650. The standard InChI is InChI=1S/3C18H36O2.C10H15N2O8P/c3*1-2-3-4-5-6-7-8-9-10-11-12-13-14-15-16-17-18(19)20;1-5-3-12(10(15)11-9(5)14)8-2-6(13)7(20-8)4-19-21(16,17)18/h3*2-17H2,1H3,(H,19,20);3,6-8,13H,2,4H2,1H3,(H,11,14,15)(H2,16,17,18)/t;;;6-,7+,8+/m...0/s1. The maximum Gasteiger partial charge on any atom is 0.469 e. The van der Waals surface area contributed by atoms with Gasteiger partial charge < -0.3 is 34.9 Å². The van der Waals surface area contributed by atoms with Crippen LogP contribution in [0.25, 0.3) is 0 Å². The van der Waals surface area contributed by atoms with E-state index in [4.69, 9.17) is 29.8 Å². The number of aromatic nitrogens is 2. The van der Waals surface area contributed by atoms with Crippen molar-refractivity contribution in [3.63, 3.8) is 0 Å². The monoisotopic (exact) mass is 1170 g/mol. The van der Waals surface area contributed by atoms with Crippen molar-refractivity contribution in [3.05, 3.63) is 32.6 Å². The number of phosphoric acid groups is 1. The van der Waals surface area contributed by atoms with E-state index in [-0.39, 0.29) is 6.42 Å². The number of ether oxygens (including phenoxy) is 1. The van der Waals surface area contributed by atoms with Gasteiger partial charge in [-0.2, -0.15) is 0 Å². The first-order chi connectivity index (χ1) is 39.0. The molecule has 16 nitrogen and oxygen atoms in total. The van der Waals surface area contributed by atoms with Gasteiger partial charge in [0.2, 0.25) is 0 Å². The van der Waals surface area contributed by atoms with Gasteiger partial charge in [0, 0.05) is 37.4 Å². The highest BCUT2D eigenvalue weighted by Gasteiger charge is 2.37. The van der Waals surface area contributed by atoms with Crippen LogP contribution in [0.2, 0.25) is 0 Å². The number of hydrogen-bond donors (Lipinski definition) is 7. The summed E-state index contributed by atoms with van der Waals surface area (Å²) < 4.78 is 21.4. The molecule has 1 saturated heterocycles. The fraction of sp³-hybridized carbons (Fsp3) is 0.891. The molecule has 17 heteroatoms. The number of carboxylic acids is 3. The molecule has 0 amide bonds. The van der Waals surface area contributed by atoms with Crippen LogP contribution in [0.15, 0.2) is 15.8 Å². The van der Waals surface area contributed by atoms with Gasteiger partial charge in [-0.05, 0) is 26.2 Å². The first-order valence-electron chi connectivity index (χ1n) is 33.0. The van der Waals surface area contributed by atoms with Gasteiger partial charge in [-0.1, -0.05) is 290 Å². The van der Waals surface area contributed by atoms with Crippen LogP contribution < -0.4 is 11.2 Å². The van der Waals surface area contributed by atoms with E-state index in [0.717, 1.165) is 43.1 Å². The summed E-state index contributed by atoms with van der Waals surface area (Å²) in [4.78, 5) is 73.3. The summed E-state index contributed by atoms with van der Waals surface area (Å²) in [5.74, 6) is -1.96. The number of nitrogens with one attached hydrogen (secondary N) is 1. The summed E-state index contributed by atoms with van der Waals surface area (Å²) in [5.41, 5.74) is -0.918. The molecule has 2 rings (SSSR count). The van der Waals surface area contributed by atoms with Crippen molar-refractivity contribution in [1.82, 2.24) is 9.55 Å². The molecular weight excluding hydrogens is 1050 g/mol. The van der Waals surface area contributed by atoms with Gasteiger partial charge >= 0.3 is 31.4 Å². The Balaban J connectivity index is 0. The summed E-state index contributed by atoms with van der Waals surface area (Å²) in [6, 6.07) is 0. The molecule has 3 atom stereocenters. The van der Waals surface area contributed by atoms with Crippen molar-refractivity contribution in [1.29, 1.82) is 0 Å². The Morgan fingerprint density at radius 2 is 0.741 bits per heavy atom. The fourth-order valence-electron chi connectivity index (χ4n) is 9.95. The molecule has 1 fully saturated rings. The average Bonchev–Trinajstić information content (AvgIpc) is 3.79. The summed E-state index contributed by atoms with van der Waals surface area (Å²) in [5, 5.41) is 35.3. The minimum absolute atomic E-state index is 0.0283. The van der Waals surface area contributed by atoms with E-state index in [1.54, 1.807) is 0 Å². The molecule has 0 spiro atoms. The van der Waals surface area contributed by atoms with Crippen molar-refractivity contribution in [2.24, 2.45) is 0 Å². The summed E-state index contributed by atoms with van der Waals surface area (Å²) >= 11 is 0. The minimum Gasteiger partial charge on any atom is -0.481 e. The van der Waals surface area contributed by atoms with Crippen LogP contribution >= 0.6 is 7.82 Å². The smallest absolute Gasteiger partial charge is 0.469 e. The molecule has 2 heterocycles. The zero-order valence-electron chi connectivity index (χ0n) is 52.0. The maximum absolute atomic E-state index is 11.7. The molecule has 0 saturated carbocycles. The molecule has 1 aromatic heterocycles. The lowest BCUT2D eigenvalue weighted by Gasteiger charge is -2.16. The molecule has 1 aromatic rings. The van der Waals surface area contributed by atoms with Crippen LogP contribution in [0.4, 0.5) is 0 Å². The van der Waals surface area contributed by atoms with E-state index in [0.29, 0.717) is 24.8 Å². The number of aliphatic hydroxyl groups excluding tert-OH is 1. The van der Waals surface area contributed by atoms with Crippen LogP contribution in [0.1, 0.15) is 347 Å². The Morgan fingerprint density at radius 1 is 0.494 bits per heavy atom. The Morgan fingerprint density at radius 3 is 0.975 bits per heavy atom. The number of aromatic amines is 1. The van der Waals surface area contributed by atoms with Crippen molar-refractivity contribution in [2.45, 2.75) is 361 Å². The van der Waals surface area contributed by atoms with Crippen LogP contribution in [-0.2, 0) is 28.2 Å². The summed E-state index contributed by atoms with van der Waals surface area (Å²) in [7, 11) is -4.67. The van der Waals surface area contributed by atoms with Crippen LogP contribution in [0, 0.1) is 6.92 Å². The lowest BCUT2D eigenvalue weighted by Crippen LogP contribution is -2.33. The highest BCUT2D eigenvalue weighted by molar-refractivity contribution is 7.46. The number of aliphatic carboxylic acids is 3. The summed E-state index contributed by atoms with van der Waals surface area (Å²) in [6.45, 7) is 7.80. The maximum atomic E-state index is 11.7. The van der Waals surface area contributed by atoms with Gasteiger partial charge in [0.15, 0.2) is 0 Å². The van der Waals surface area contributed by atoms with Gasteiger partial charge in [-0.25, -0.2) is 9.36 Å². The van der Waals surface area contributed by atoms with Crippen LogP contribution in [0.3, 0.4) is 0 Å². The second-order valence-corrected chi connectivity index (χ2v) is 24.2. The minimum atomic E-state index is -4.67.